The molecule has 170 valence electrons. The number of H-pyrrole nitrogens is 1. The van der Waals surface area contributed by atoms with Gasteiger partial charge in [-0.1, -0.05) is 13.8 Å². The van der Waals surface area contributed by atoms with Crippen molar-refractivity contribution in [2.24, 2.45) is 5.92 Å². The zero-order chi connectivity index (χ0) is 22.7. The number of likely N-dealkylation sites (tertiary alicyclic amines) is 2. The van der Waals surface area contributed by atoms with Crippen molar-refractivity contribution in [3.8, 4) is 0 Å². The van der Waals surface area contributed by atoms with Crippen LogP contribution in [-0.2, 0) is 4.79 Å². The number of carbonyl (C=O) groups excluding carboxylic acids is 2. The van der Waals surface area contributed by atoms with E-state index in [1.54, 1.807) is 17.2 Å². The molecule has 2 aliphatic heterocycles. The van der Waals surface area contributed by atoms with Crippen molar-refractivity contribution in [1.82, 2.24) is 29.7 Å². The molecule has 0 saturated carbocycles. The Morgan fingerprint density at radius 3 is 2.53 bits per heavy atom. The monoisotopic (exact) mass is 438 g/mol. The summed E-state index contributed by atoms with van der Waals surface area (Å²) in [5.41, 5.74) is 0.902. The van der Waals surface area contributed by atoms with Crippen molar-refractivity contribution in [1.29, 1.82) is 0 Å². The number of aromatic amines is 1. The Morgan fingerprint density at radius 2 is 1.84 bits per heavy atom. The number of hydrogen-bond donors (Lipinski definition) is 1. The molecule has 1 N–H and O–H groups in total. The molecule has 4 rings (SSSR count). The van der Waals surface area contributed by atoms with Gasteiger partial charge in [0.05, 0.1) is 11.9 Å². The lowest BCUT2D eigenvalue weighted by molar-refractivity contribution is -0.135. The fourth-order valence-corrected chi connectivity index (χ4v) is 4.61. The number of aromatic nitrogens is 4. The third kappa shape index (κ3) is 4.87. The zero-order valence-electron chi connectivity index (χ0n) is 18.7. The highest BCUT2D eigenvalue weighted by molar-refractivity contribution is 5.92. The van der Waals surface area contributed by atoms with E-state index in [1.807, 2.05) is 18.7 Å². The van der Waals surface area contributed by atoms with E-state index in [0.29, 0.717) is 37.7 Å². The lowest BCUT2D eigenvalue weighted by atomic mass is 9.92. The highest BCUT2D eigenvalue weighted by Gasteiger charge is 2.30. The van der Waals surface area contributed by atoms with Gasteiger partial charge in [-0.25, -0.2) is 9.97 Å². The summed E-state index contributed by atoms with van der Waals surface area (Å²) in [5.74, 6) is 0.852. The summed E-state index contributed by atoms with van der Waals surface area (Å²) in [4.78, 5) is 57.0. The predicted octanol–water partition coefficient (Wildman–Crippen LogP) is 1.94. The predicted molar refractivity (Wildman–Crippen MR) is 118 cm³/mol. The Hall–Kier alpha value is -3.10. The number of carbonyl (C=O) groups is 2. The molecule has 2 aliphatic rings. The summed E-state index contributed by atoms with van der Waals surface area (Å²) in [6.45, 7) is 6.36. The number of rotatable bonds is 4. The third-order valence-electron chi connectivity index (χ3n) is 6.38. The molecule has 4 heterocycles. The van der Waals surface area contributed by atoms with Gasteiger partial charge in [-0.2, -0.15) is 0 Å². The lowest BCUT2D eigenvalue weighted by Crippen LogP contribution is -2.41. The average Bonchev–Trinajstić information content (AvgIpc) is 2.83. The summed E-state index contributed by atoms with van der Waals surface area (Å²) in [6.07, 6.45) is 7.82. The molecule has 0 aromatic carbocycles. The summed E-state index contributed by atoms with van der Waals surface area (Å²) in [7, 11) is 0. The van der Waals surface area contributed by atoms with Crippen LogP contribution in [-0.4, -0.2) is 67.7 Å². The highest BCUT2D eigenvalue weighted by Crippen LogP contribution is 2.29. The van der Waals surface area contributed by atoms with E-state index in [2.05, 4.69) is 15.0 Å². The number of piperidine rings is 2. The first-order chi connectivity index (χ1) is 15.4. The van der Waals surface area contributed by atoms with Gasteiger partial charge in [-0.05, 0) is 25.7 Å². The minimum absolute atomic E-state index is 0.00743. The van der Waals surface area contributed by atoms with Crippen molar-refractivity contribution < 1.29 is 9.59 Å². The smallest absolute Gasteiger partial charge is 0.274 e. The maximum absolute atomic E-state index is 12.8. The van der Waals surface area contributed by atoms with Gasteiger partial charge in [0.25, 0.3) is 11.5 Å². The van der Waals surface area contributed by atoms with Crippen LogP contribution in [0.2, 0.25) is 0 Å². The van der Waals surface area contributed by atoms with Crippen LogP contribution >= 0.6 is 0 Å². The molecule has 0 radical (unpaired) electrons. The van der Waals surface area contributed by atoms with Gasteiger partial charge in [-0.15, -0.1) is 0 Å². The summed E-state index contributed by atoms with van der Waals surface area (Å²) in [6, 6.07) is 1.56. The van der Waals surface area contributed by atoms with Crippen molar-refractivity contribution in [2.75, 3.05) is 26.2 Å². The minimum atomic E-state index is -0.164. The summed E-state index contributed by atoms with van der Waals surface area (Å²) >= 11 is 0. The zero-order valence-corrected chi connectivity index (χ0v) is 18.7. The molecule has 9 heteroatoms. The first kappa shape index (κ1) is 22.1. The van der Waals surface area contributed by atoms with Crippen LogP contribution in [0.4, 0.5) is 0 Å². The Labute approximate surface area is 187 Å². The molecule has 2 fully saturated rings. The number of nitrogens with one attached hydrogen (secondary N) is 1. The SMILES string of the molecule is CC(C)C(=O)N1CCC(c2nc([C@H]3CCCN(C(=O)c4cnccn4)C3)cc(=O)[nH]2)CC1. The number of hydrogen-bond acceptors (Lipinski definition) is 6. The first-order valence-electron chi connectivity index (χ1n) is 11.4. The molecule has 0 spiro atoms. The molecule has 0 unspecified atom stereocenters. The van der Waals surface area contributed by atoms with Crippen LogP contribution in [0, 0.1) is 5.92 Å². The van der Waals surface area contributed by atoms with Crippen LogP contribution in [0.5, 0.6) is 0 Å². The molecule has 32 heavy (non-hydrogen) atoms. The van der Waals surface area contributed by atoms with Crippen molar-refractivity contribution in [3.05, 3.63) is 52.2 Å². The highest BCUT2D eigenvalue weighted by atomic mass is 16.2. The van der Waals surface area contributed by atoms with Crippen LogP contribution in [0.25, 0.3) is 0 Å². The second kappa shape index (κ2) is 9.58. The number of amides is 2. The van der Waals surface area contributed by atoms with Crippen molar-refractivity contribution in [2.45, 2.75) is 51.4 Å². The van der Waals surface area contributed by atoms with E-state index in [-0.39, 0.29) is 35.1 Å². The van der Waals surface area contributed by atoms with E-state index in [0.717, 1.165) is 31.4 Å². The minimum Gasteiger partial charge on any atom is -0.342 e. The van der Waals surface area contributed by atoms with Gasteiger partial charge in [-0.3, -0.25) is 19.4 Å². The van der Waals surface area contributed by atoms with E-state index in [9.17, 15) is 14.4 Å². The fourth-order valence-electron chi connectivity index (χ4n) is 4.61. The molecule has 2 aromatic rings. The molecule has 2 amide bonds. The average molecular weight is 439 g/mol. The molecule has 1 atom stereocenters. The second-order valence-corrected chi connectivity index (χ2v) is 8.99. The maximum Gasteiger partial charge on any atom is 0.274 e. The quantitative estimate of drug-likeness (QED) is 0.781. The van der Waals surface area contributed by atoms with Crippen LogP contribution < -0.4 is 5.56 Å². The van der Waals surface area contributed by atoms with Gasteiger partial charge in [0.1, 0.15) is 11.5 Å². The van der Waals surface area contributed by atoms with Crippen LogP contribution in [0.3, 0.4) is 0 Å². The van der Waals surface area contributed by atoms with Gasteiger partial charge in [0.15, 0.2) is 0 Å². The fraction of sp³-hybridized carbons (Fsp3) is 0.565. The first-order valence-corrected chi connectivity index (χ1v) is 11.4. The molecular formula is C23H30N6O3. The van der Waals surface area contributed by atoms with Gasteiger partial charge in [0, 0.05) is 62.4 Å². The van der Waals surface area contributed by atoms with Gasteiger partial charge < -0.3 is 14.8 Å². The Balaban J connectivity index is 1.46. The number of nitrogens with zero attached hydrogens (tertiary/aromatic N) is 5. The second-order valence-electron chi connectivity index (χ2n) is 8.99. The molecule has 2 aromatic heterocycles. The Kier molecular flexibility index (Phi) is 6.62. The molecular weight excluding hydrogens is 408 g/mol. The molecule has 0 aliphatic carbocycles. The van der Waals surface area contributed by atoms with Gasteiger partial charge in [0.2, 0.25) is 5.91 Å². The Morgan fingerprint density at radius 1 is 1.06 bits per heavy atom. The van der Waals surface area contributed by atoms with Crippen LogP contribution in [0.1, 0.15) is 73.4 Å². The van der Waals surface area contributed by atoms with E-state index < -0.39 is 0 Å². The van der Waals surface area contributed by atoms with Crippen molar-refractivity contribution >= 4 is 11.8 Å². The maximum atomic E-state index is 12.8. The third-order valence-corrected chi connectivity index (χ3v) is 6.38. The Bertz CT molecular complexity index is 1010. The van der Waals surface area contributed by atoms with Crippen molar-refractivity contribution in [3.63, 3.8) is 0 Å². The van der Waals surface area contributed by atoms with Gasteiger partial charge >= 0.3 is 0 Å². The molecule has 2 saturated heterocycles. The summed E-state index contributed by atoms with van der Waals surface area (Å²) in [5, 5.41) is 0. The lowest BCUT2D eigenvalue weighted by Gasteiger charge is -2.34. The van der Waals surface area contributed by atoms with Crippen LogP contribution in [0.15, 0.2) is 29.5 Å². The largest absolute Gasteiger partial charge is 0.342 e. The molecule has 0 bridgehead atoms. The summed E-state index contributed by atoms with van der Waals surface area (Å²) < 4.78 is 0. The van der Waals surface area contributed by atoms with E-state index in [4.69, 9.17) is 4.98 Å². The normalized spacial score (nSPS) is 19.9. The van der Waals surface area contributed by atoms with E-state index in [1.165, 1.54) is 12.4 Å². The van der Waals surface area contributed by atoms with E-state index >= 15 is 0 Å². The standard InChI is InChI=1S/C23H30N6O3/c1-15(2)22(31)28-10-5-16(6-11-28)21-26-18(12-20(30)27-21)17-4-3-9-29(14-17)23(32)19-13-24-7-8-25-19/h7-8,12-13,15-17H,3-6,9-11,14H2,1-2H3,(H,26,27,30)/t17-/m0/s1. The molecule has 9 nitrogen and oxygen atoms in total. The topological polar surface area (TPSA) is 112 Å².